The Bertz CT molecular complexity index is 3910. The molecule has 0 bridgehead atoms. The van der Waals surface area contributed by atoms with E-state index >= 15 is 0 Å². The Balaban J connectivity index is 0.910. The Morgan fingerprint density at radius 2 is 0.529 bits per heavy atom. The van der Waals surface area contributed by atoms with E-state index in [9.17, 15) is 0 Å². The van der Waals surface area contributed by atoms with Gasteiger partial charge in [0.15, 0.2) is 17.5 Å². The van der Waals surface area contributed by atoms with E-state index in [1.165, 1.54) is 54.8 Å². The number of nitrogens with zero attached hydrogens (tertiary/aromatic N) is 5. The molecule has 5 nitrogen and oxygen atoms in total. The minimum absolute atomic E-state index is 0.628. The standard InChI is InChI=1S/C63H41N5/c1-5-15-42(16-6-1)49-29-36-54-53-23-13-14-24-57(53)67(59(54)40-49)51-32-25-44(26-33-51)48-31-38-58-56(39-48)55-37-30-50(43-17-7-2-8-18-43)41-60(55)68(58)52-34-27-47(28-35-52)63-65-61(45-19-9-3-10-20-45)64-62(66-63)46-21-11-4-12-22-46/h1-41H. The third-order valence-corrected chi connectivity index (χ3v) is 13.2. The van der Waals surface area contributed by atoms with Crippen molar-refractivity contribution < 1.29 is 0 Å². The fourth-order valence-electron chi connectivity index (χ4n) is 9.85. The highest BCUT2D eigenvalue weighted by Gasteiger charge is 2.18. The van der Waals surface area contributed by atoms with E-state index in [-0.39, 0.29) is 0 Å². The largest absolute Gasteiger partial charge is 0.309 e. The molecule has 318 valence electrons. The summed E-state index contributed by atoms with van der Waals surface area (Å²) in [7, 11) is 0. The zero-order valence-electron chi connectivity index (χ0n) is 36.9. The maximum atomic E-state index is 5.01. The molecular formula is C63H41N5. The first-order chi connectivity index (χ1) is 33.7. The molecule has 10 aromatic carbocycles. The molecule has 0 unspecified atom stereocenters. The third-order valence-electron chi connectivity index (χ3n) is 13.2. The molecule has 0 aliphatic heterocycles. The fourth-order valence-corrected chi connectivity index (χ4v) is 9.85. The molecule has 0 radical (unpaired) electrons. The average molecular weight is 868 g/mol. The average Bonchev–Trinajstić information content (AvgIpc) is 3.93. The molecule has 0 saturated heterocycles. The van der Waals surface area contributed by atoms with E-state index in [4.69, 9.17) is 15.0 Å². The summed E-state index contributed by atoms with van der Waals surface area (Å²) in [5.74, 6) is 1.91. The summed E-state index contributed by atoms with van der Waals surface area (Å²) in [6.45, 7) is 0. The topological polar surface area (TPSA) is 48.5 Å². The lowest BCUT2D eigenvalue weighted by Crippen LogP contribution is -2.00. The van der Waals surface area contributed by atoms with Crippen molar-refractivity contribution in [1.29, 1.82) is 0 Å². The first-order valence-corrected chi connectivity index (χ1v) is 23.0. The van der Waals surface area contributed by atoms with Gasteiger partial charge in [-0.1, -0.05) is 182 Å². The molecule has 13 aromatic rings. The van der Waals surface area contributed by atoms with Gasteiger partial charge in [0, 0.05) is 49.6 Å². The molecule has 5 heteroatoms. The summed E-state index contributed by atoms with van der Waals surface area (Å²) >= 11 is 0. The highest BCUT2D eigenvalue weighted by atomic mass is 15.0. The summed E-state index contributed by atoms with van der Waals surface area (Å²) < 4.78 is 4.79. The summed E-state index contributed by atoms with van der Waals surface area (Å²) in [6, 6.07) is 88.4. The third kappa shape index (κ3) is 6.84. The maximum Gasteiger partial charge on any atom is 0.164 e. The molecule has 0 aliphatic carbocycles. The van der Waals surface area contributed by atoms with Crippen molar-refractivity contribution in [2.45, 2.75) is 0 Å². The quantitative estimate of drug-likeness (QED) is 0.153. The summed E-state index contributed by atoms with van der Waals surface area (Å²) in [6.07, 6.45) is 0. The lowest BCUT2D eigenvalue weighted by atomic mass is 10.0. The van der Waals surface area contributed by atoms with Crippen molar-refractivity contribution in [2.24, 2.45) is 0 Å². The first-order valence-electron chi connectivity index (χ1n) is 23.0. The molecule has 3 heterocycles. The molecule has 0 spiro atoms. The van der Waals surface area contributed by atoms with Gasteiger partial charge in [-0.25, -0.2) is 15.0 Å². The Hall–Kier alpha value is -9.19. The molecule has 0 atom stereocenters. The van der Waals surface area contributed by atoms with E-state index in [2.05, 4.69) is 197 Å². The van der Waals surface area contributed by atoms with Gasteiger partial charge >= 0.3 is 0 Å². The number of hydrogen-bond donors (Lipinski definition) is 0. The van der Waals surface area contributed by atoms with Gasteiger partial charge in [0.1, 0.15) is 0 Å². The van der Waals surface area contributed by atoms with Gasteiger partial charge in [-0.3, -0.25) is 0 Å². The Morgan fingerprint density at radius 3 is 1.03 bits per heavy atom. The predicted molar refractivity (Wildman–Crippen MR) is 281 cm³/mol. The van der Waals surface area contributed by atoms with Crippen molar-refractivity contribution in [1.82, 2.24) is 24.1 Å². The minimum atomic E-state index is 0.628. The van der Waals surface area contributed by atoms with Crippen LogP contribution in [-0.2, 0) is 0 Å². The molecule has 3 aromatic heterocycles. The number of hydrogen-bond acceptors (Lipinski definition) is 3. The van der Waals surface area contributed by atoms with E-state index in [0.29, 0.717) is 17.5 Å². The lowest BCUT2D eigenvalue weighted by molar-refractivity contribution is 1.07. The van der Waals surface area contributed by atoms with Crippen LogP contribution >= 0.6 is 0 Å². The molecule has 0 amide bonds. The molecule has 0 saturated carbocycles. The summed E-state index contributed by atoms with van der Waals surface area (Å²) in [4.78, 5) is 14.9. The van der Waals surface area contributed by atoms with Gasteiger partial charge < -0.3 is 9.13 Å². The van der Waals surface area contributed by atoms with Crippen molar-refractivity contribution in [2.75, 3.05) is 0 Å². The van der Waals surface area contributed by atoms with Crippen LogP contribution < -0.4 is 0 Å². The number of aromatic nitrogens is 5. The fraction of sp³-hybridized carbons (Fsp3) is 0. The van der Waals surface area contributed by atoms with Gasteiger partial charge in [0.25, 0.3) is 0 Å². The highest BCUT2D eigenvalue weighted by molar-refractivity contribution is 6.12. The van der Waals surface area contributed by atoms with Crippen LogP contribution in [-0.4, -0.2) is 24.1 Å². The second-order valence-corrected chi connectivity index (χ2v) is 17.2. The van der Waals surface area contributed by atoms with E-state index in [1.54, 1.807) is 0 Å². The highest BCUT2D eigenvalue weighted by Crippen LogP contribution is 2.39. The lowest BCUT2D eigenvalue weighted by Gasteiger charge is -2.12. The van der Waals surface area contributed by atoms with Crippen LogP contribution in [0.2, 0.25) is 0 Å². The minimum Gasteiger partial charge on any atom is -0.309 e. The second kappa shape index (κ2) is 16.4. The van der Waals surface area contributed by atoms with Gasteiger partial charge in [0.2, 0.25) is 0 Å². The first kappa shape index (κ1) is 39.2. The number of fused-ring (bicyclic) bond motifs is 6. The molecule has 0 aliphatic rings. The zero-order valence-corrected chi connectivity index (χ0v) is 36.9. The summed E-state index contributed by atoms with van der Waals surface area (Å²) in [5, 5.41) is 4.88. The van der Waals surface area contributed by atoms with Crippen LogP contribution in [0.1, 0.15) is 0 Å². The van der Waals surface area contributed by atoms with Gasteiger partial charge in [0.05, 0.1) is 22.1 Å². The van der Waals surface area contributed by atoms with Crippen molar-refractivity contribution in [3.05, 3.63) is 249 Å². The monoisotopic (exact) mass is 867 g/mol. The summed E-state index contributed by atoms with van der Waals surface area (Å²) in [5.41, 5.74) is 16.7. The number of rotatable bonds is 8. The molecule has 0 fully saturated rings. The van der Waals surface area contributed by atoms with Gasteiger partial charge in [-0.15, -0.1) is 0 Å². The smallest absolute Gasteiger partial charge is 0.164 e. The van der Waals surface area contributed by atoms with Crippen LogP contribution in [0.4, 0.5) is 0 Å². The maximum absolute atomic E-state index is 5.01. The molecule has 0 N–H and O–H groups in total. The Kier molecular flexibility index (Phi) is 9.43. The van der Waals surface area contributed by atoms with Crippen molar-refractivity contribution >= 4 is 43.6 Å². The Labute approximate surface area is 393 Å². The van der Waals surface area contributed by atoms with Crippen molar-refractivity contribution in [3.8, 4) is 78.9 Å². The molecular weight excluding hydrogens is 827 g/mol. The zero-order chi connectivity index (χ0) is 45.0. The van der Waals surface area contributed by atoms with Crippen LogP contribution in [0.5, 0.6) is 0 Å². The van der Waals surface area contributed by atoms with Gasteiger partial charge in [-0.05, 0) is 100 Å². The van der Waals surface area contributed by atoms with Crippen LogP contribution in [0.25, 0.3) is 123 Å². The van der Waals surface area contributed by atoms with Gasteiger partial charge in [-0.2, -0.15) is 0 Å². The Morgan fingerprint density at radius 1 is 0.206 bits per heavy atom. The van der Waals surface area contributed by atoms with Crippen LogP contribution in [0, 0.1) is 0 Å². The van der Waals surface area contributed by atoms with E-state index in [1.807, 2.05) is 60.7 Å². The molecule has 13 rings (SSSR count). The van der Waals surface area contributed by atoms with Crippen molar-refractivity contribution in [3.63, 3.8) is 0 Å². The number of benzene rings is 10. The predicted octanol–water partition coefficient (Wildman–Crippen LogP) is 16.1. The van der Waals surface area contributed by atoms with Crippen LogP contribution in [0.3, 0.4) is 0 Å². The SMILES string of the molecule is c1ccc(-c2ccc3c4ccccc4n(-c4ccc(-c5ccc6c(c5)c5ccc(-c7ccccc7)cc5n6-c5ccc(-c6nc(-c7ccccc7)nc(-c7ccccc7)n6)cc5)cc4)c3c2)cc1. The normalized spacial score (nSPS) is 11.5. The second-order valence-electron chi connectivity index (χ2n) is 17.2. The molecule has 68 heavy (non-hydrogen) atoms. The van der Waals surface area contributed by atoms with E-state index in [0.717, 1.165) is 50.2 Å². The number of para-hydroxylation sites is 1. The van der Waals surface area contributed by atoms with Crippen LogP contribution in [0.15, 0.2) is 249 Å². The van der Waals surface area contributed by atoms with E-state index < -0.39 is 0 Å².